The minimum Gasteiger partial charge on any atom is -0.508 e. The number of phenols is 1. The fourth-order valence-electron chi connectivity index (χ4n) is 2.17. The minimum atomic E-state index is 0.298. The van der Waals surface area contributed by atoms with E-state index in [-0.39, 0.29) is 0 Å². The second kappa shape index (κ2) is 4.64. The van der Waals surface area contributed by atoms with Crippen molar-refractivity contribution in [1.29, 1.82) is 0 Å². The molecule has 3 nitrogen and oxygen atoms in total. The standard InChI is InChI=1S/C12H17NO2/c1-15-12-8-13-7-10(12)5-9-3-2-4-11(14)6-9/h2-4,6,10,12-14H,5,7-8H2,1H3. The molecule has 0 amide bonds. The first-order valence-electron chi connectivity index (χ1n) is 5.31. The van der Waals surface area contributed by atoms with Crippen LogP contribution in [0.2, 0.25) is 0 Å². The normalized spacial score (nSPS) is 25.7. The molecule has 0 saturated carbocycles. The molecule has 2 atom stereocenters. The summed E-state index contributed by atoms with van der Waals surface area (Å²) < 4.78 is 5.40. The number of hydrogen-bond donors (Lipinski definition) is 2. The van der Waals surface area contributed by atoms with Gasteiger partial charge >= 0.3 is 0 Å². The summed E-state index contributed by atoms with van der Waals surface area (Å²) in [6.45, 7) is 1.92. The number of ether oxygens (including phenoxy) is 1. The molecule has 0 aromatic heterocycles. The highest BCUT2D eigenvalue weighted by molar-refractivity contribution is 5.27. The van der Waals surface area contributed by atoms with Crippen molar-refractivity contribution in [2.75, 3.05) is 20.2 Å². The lowest BCUT2D eigenvalue weighted by atomic mass is 9.96. The Morgan fingerprint density at radius 2 is 2.33 bits per heavy atom. The summed E-state index contributed by atoms with van der Waals surface area (Å²) >= 11 is 0. The van der Waals surface area contributed by atoms with Crippen LogP contribution in [0.15, 0.2) is 24.3 Å². The van der Waals surface area contributed by atoms with Crippen LogP contribution in [-0.4, -0.2) is 31.4 Å². The highest BCUT2D eigenvalue weighted by Gasteiger charge is 2.26. The zero-order valence-electron chi connectivity index (χ0n) is 8.94. The van der Waals surface area contributed by atoms with E-state index in [1.807, 2.05) is 18.2 Å². The van der Waals surface area contributed by atoms with Gasteiger partial charge in [0.05, 0.1) is 6.10 Å². The van der Waals surface area contributed by atoms with Crippen LogP contribution in [0.4, 0.5) is 0 Å². The number of rotatable bonds is 3. The summed E-state index contributed by atoms with van der Waals surface area (Å²) in [5.74, 6) is 0.851. The smallest absolute Gasteiger partial charge is 0.115 e. The summed E-state index contributed by atoms with van der Waals surface area (Å²) in [5.41, 5.74) is 1.17. The van der Waals surface area contributed by atoms with E-state index in [1.54, 1.807) is 13.2 Å². The Bertz CT molecular complexity index is 327. The predicted octanol–water partition coefficient (Wildman–Crippen LogP) is 1.17. The van der Waals surface area contributed by atoms with E-state index in [0.717, 1.165) is 19.5 Å². The molecule has 1 heterocycles. The SMILES string of the molecule is COC1CNCC1Cc1cccc(O)c1. The van der Waals surface area contributed by atoms with Crippen LogP contribution in [0, 0.1) is 5.92 Å². The first kappa shape index (κ1) is 10.5. The maximum Gasteiger partial charge on any atom is 0.115 e. The van der Waals surface area contributed by atoms with Crippen LogP contribution >= 0.6 is 0 Å². The summed E-state index contributed by atoms with van der Waals surface area (Å²) in [6, 6.07) is 7.45. The molecule has 2 N–H and O–H groups in total. The lowest BCUT2D eigenvalue weighted by Crippen LogP contribution is -2.22. The highest BCUT2D eigenvalue weighted by atomic mass is 16.5. The van der Waals surface area contributed by atoms with Crippen LogP contribution in [0.3, 0.4) is 0 Å². The molecule has 3 heteroatoms. The second-order valence-electron chi connectivity index (χ2n) is 4.07. The van der Waals surface area contributed by atoms with Crippen molar-refractivity contribution in [3.05, 3.63) is 29.8 Å². The molecule has 1 aromatic rings. The molecule has 1 saturated heterocycles. The number of benzene rings is 1. The van der Waals surface area contributed by atoms with Crippen molar-refractivity contribution >= 4 is 0 Å². The summed E-state index contributed by atoms with van der Waals surface area (Å²) in [4.78, 5) is 0. The molecule has 0 bridgehead atoms. The summed E-state index contributed by atoms with van der Waals surface area (Å²) in [6.07, 6.45) is 1.26. The molecule has 0 spiro atoms. The van der Waals surface area contributed by atoms with Crippen molar-refractivity contribution in [2.24, 2.45) is 5.92 Å². The zero-order valence-corrected chi connectivity index (χ0v) is 8.94. The van der Waals surface area contributed by atoms with Gasteiger partial charge in [-0.05, 0) is 24.1 Å². The maximum absolute atomic E-state index is 9.36. The molecule has 1 aromatic carbocycles. The van der Waals surface area contributed by atoms with Gasteiger partial charge in [0, 0.05) is 26.1 Å². The van der Waals surface area contributed by atoms with Crippen LogP contribution in [-0.2, 0) is 11.2 Å². The third-order valence-corrected chi connectivity index (χ3v) is 2.99. The summed E-state index contributed by atoms with van der Waals surface area (Å²) in [7, 11) is 1.76. The Hall–Kier alpha value is -1.06. The Kier molecular flexibility index (Phi) is 3.23. The van der Waals surface area contributed by atoms with E-state index >= 15 is 0 Å². The molecule has 1 aliphatic rings. The van der Waals surface area contributed by atoms with E-state index in [2.05, 4.69) is 5.32 Å². The fraction of sp³-hybridized carbons (Fsp3) is 0.500. The molecule has 1 aliphatic heterocycles. The van der Waals surface area contributed by atoms with Gasteiger partial charge in [0.2, 0.25) is 0 Å². The molecular formula is C12H17NO2. The Balaban J connectivity index is 2.02. The van der Waals surface area contributed by atoms with Crippen molar-refractivity contribution in [1.82, 2.24) is 5.32 Å². The number of aromatic hydroxyl groups is 1. The number of methoxy groups -OCH3 is 1. The van der Waals surface area contributed by atoms with E-state index in [9.17, 15) is 5.11 Å². The Morgan fingerprint density at radius 1 is 1.47 bits per heavy atom. The van der Waals surface area contributed by atoms with Crippen LogP contribution in [0.25, 0.3) is 0 Å². The Morgan fingerprint density at radius 3 is 3.07 bits per heavy atom. The maximum atomic E-state index is 9.36. The van der Waals surface area contributed by atoms with E-state index in [1.165, 1.54) is 5.56 Å². The van der Waals surface area contributed by atoms with Crippen molar-refractivity contribution in [2.45, 2.75) is 12.5 Å². The molecule has 82 valence electrons. The van der Waals surface area contributed by atoms with Gasteiger partial charge in [-0.25, -0.2) is 0 Å². The fourth-order valence-corrected chi connectivity index (χ4v) is 2.17. The van der Waals surface area contributed by atoms with Gasteiger partial charge < -0.3 is 15.2 Å². The first-order chi connectivity index (χ1) is 7.29. The average molecular weight is 207 g/mol. The van der Waals surface area contributed by atoms with Crippen molar-refractivity contribution in [3.8, 4) is 5.75 Å². The number of phenolic OH excluding ortho intramolecular Hbond substituents is 1. The largest absolute Gasteiger partial charge is 0.508 e. The molecule has 0 radical (unpaired) electrons. The van der Waals surface area contributed by atoms with Crippen molar-refractivity contribution in [3.63, 3.8) is 0 Å². The molecule has 15 heavy (non-hydrogen) atoms. The van der Waals surface area contributed by atoms with E-state index < -0.39 is 0 Å². The van der Waals surface area contributed by atoms with Crippen LogP contribution in [0.1, 0.15) is 5.56 Å². The quantitative estimate of drug-likeness (QED) is 0.781. The monoisotopic (exact) mass is 207 g/mol. The van der Waals surface area contributed by atoms with Gasteiger partial charge in [-0.15, -0.1) is 0 Å². The van der Waals surface area contributed by atoms with Crippen LogP contribution < -0.4 is 5.32 Å². The van der Waals surface area contributed by atoms with Gasteiger partial charge in [-0.3, -0.25) is 0 Å². The lowest BCUT2D eigenvalue weighted by Gasteiger charge is -2.16. The minimum absolute atomic E-state index is 0.298. The molecular weight excluding hydrogens is 190 g/mol. The summed E-state index contributed by atoms with van der Waals surface area (Å²) in [5, 5.41) is 12.7. The molecule has 1 fully saturated rings. The van der Waals surface area contributed by atoms with Gasteiger partial charge in [0.25, 0.3) is 0 Å². The van der Waals surface area contributed by atoms with Gasteiger partial charge in [0.1, 0.15) is 5.75 Å². The van der Waals surface area contributed by atoms with Gasteiger partial charge in [-0.2, -0.15) is 0 Å². The second-order valence-corrected chi connectivity index (χ2v) is 4.07. The first-order valence-corrected chi connectivity index (χ1v) is 5.31. The zero-order chi connectivity index (χ0) is 10.7. The molecule has 2 rings (SSSR count). The lowest BCUT2D eigenvalue weighted by molar-refractivity contribution is 0.0832. The predicted molar refractivity (Wildman–Crippen MR) is 59.0 cm³/mol. The number of nitrogens with one attached hydrogen (secondary N) is 1. The van der Waals surface area contributed by atoms with Crippen molar-refractivity contribution < 1.29 is 9.84 Å². The van der Waals surface area contributed by atoms with E-state index in [4.69, 9.17) is 4.74 Å². The topological polar surface area (TPSA) is 41.5 Å². The Labute approximate surface area is 90.1 Å². The van der Waals surface area contributed by atoms with Crippen LogP contribution in [0.5, 0.6) is 5.75 Å². The highest BCUT2D eigenvalue weighted by Crippen LogP contribution is 2.20. The van der Waals surface area contributed by atoms with Gasteiger partial charge in [-0.1, -0.05) is 12.1 Å². The average Bonchev–Trinajstić information content (AvgIpc) is 2.65. The third-order valence-electron chi connectivity index (χ3n) is 2.99. The van der Waals surface area contributed by atoms with Gasteiger partial charge in [0.15, 0.2) is 0 Å². The number of hydrogen-bond acceptors (Lipinski definition) is 3. The molecule has 0 aliphatic carbocycles. The molecule has 2 unspecified atom stereocenters. The van der Waals surface area contributed by atoms with E-state index in [0.29, 0.717) is 17.8 Å². The third kappa shape index (κ3) is 2.49.